The largest absolute Gasteiger partial charge is 0.305 e. The number of rotatable bonds is 3. The molecule has 0 aliphatic carbocycles. The van der Waals surface area contributed by atoms with Gasteiger partial charge in [-0.2, -0.15) is 0 Å². The molecule has 0 radical (unpaired) electrons. The van der Waals surface area contributed by atoms with Crippen molar-refractivity contribution in [3.63, 3.8) is 0 Å². The molecule has 0 spiro atoms. The van der Waals surface area contributed by atoms with Crippen LogP contribution in [0.15, 0.2) is 36.9 Å². The van der Waals surface area contributed by atoms with Crippen molar-refractivity contribution in [1.82, 2.24) is 0 Å². The van der Waals surface area contributed by atoms with E-state index in [2.05, 4.69) is 6.58 Å². The minimum Gasteiger partial charge on any atom is -0.305 e. The number of hydrogen-bond donors (Lipinski definition) is 0. The van der Waals surface area contributed by atoms with E-state index in [0.29, 0.717) is 0 Å². The summed E-state index contributed by atoms with van der Waals surface area (Å²) in [6.07, 6.45) is 2.68. The van der Waals surface area contributed by atoms with Gasteiger partial charge in [-0.3, -0.25) is 9.59 Å². The van der Waals surface area contributed by atoms with Gasteiger partial charge in [0.15, 0.2) is 5.78 Å². The number of nitrogens with zero attached hydrogens (tertiary/aromatic N) is 1. The number of benzene rings is 1. The Morgan fingerprint density at radius 3 is 2.44 bits per heavy atom. The van der Waals surface area contributed by atoms with Gasteiger partial charge in [0.05, 0.1) is 13.0 Å². The molecule has 1 aromatic rings. The van der Waals surface area contributed by atoms with E-state index in [1.165, 1.54) is 4.90 Å². The molecule has 0 unspecified atom stereocenters. The number of carbonyl (C=O) groups excluding carboxylic acids is 2. The second kappa shape index (κ2) is 4.31. The zero-order chi connectivity index (χ0) is 11.5. The molecule has 0 N–H and O–H groups in total. The van der Waals surface area contributed by atoms with Crippen LogP contribution in [0.4, 0.5) is 5.69 Å². The van der Waals surface area contributed by atoms with Crippen molar-refractivity contribution in [1.29, 1.82) is 0 Å². The first-order valence-electron chi connectivity index (χ1n) is 5.22. The van der Waals surface area contributed by atoms with Crippen LogP contribution in [0.1, 0.15) is 12.0 Å². The van der Waals surface area contributed by atoms with Crippen LogP contribution in [0.5, 0.6) is 0 Å². The van der Waals surface area contributed by atoms with Crippen LogP contribution in [-0.2, 0) is 16.0 Å². The molecule has 2 rings (SSSR count). The van der Waals surface area contributed by atoms with Gasteiger partial charge in [0.2, 0.25) is 5.91 Å². The molecule has 0 atom stereocenters. The number of ketones is 1. The lowest BCUT2D eigenvalue weighted by Crippen LogP contribution is -2.24. The molecule has 3 nitrogen and oxygen atoms in total. The fourth-order valence-corrected chi connectivity index (χ4v) is 1.80. The Morgan fingerprint density at radius 1 is 1.25 bits per heavy atom. The van der Waals surface area contributed by atoms with Crippen molar-refractivity contribution in [2.75, 3.05) is 11.4 Å². The summed E-state index contributed by atoms with van der Waals surface area (Å²) in [4.78, 5) is 24.1. The molecule has 1 aliphatic rings. The molecule has 82 valence electrons. The number of hydrogen-bond acceptors (Lipinski definition) is 2. The third kappa shape index (κ3) is 2.03. The van der Waals surface area contributed by atoms with E-state index in [0.717, 1.165) is 17.7 Å². The van der Waals surface area contributed by atoms with Crippen LogP contribution in [-0.4, -0.2) is 18.2 Å². The minimum atomic E-state index is -0.110. The van der Waals surface area contributed by atoms with Crippen LogP contribution in [0, 0.1) is 0 Å². The van der Waals surface area contributed by atoms with Crippen LogP contribution in [0.3, 0.4) is 0 Å². The average Bonchev–Trinajstić information content (AvgIpc) is 2.59. The molecule has 1 saturated heterocycles. The molecule has 1 fully saturated rings. The summed E-state index contributed by atoms with van der Waals surface area (Å²) in [7, 11) is 0. The summed E-state index contributed by atoms with van der Waals surface area (Å²) in [6.45, 7) is 3.88. The maximum atomic E-state index is 11.5. The molecule has 1 amide bonds. The fraction of sp³-hybridized carbons (Fsp3) is 0.231. The van der Waals surface area contributed by atoms with Gasteiger partial charge >= 0.3 is 0 Å². The normalized spacial score (nSPS) is 15.6. The molecule has 0 saturated carbocycles. The summed E-state index contributed by atoms with van der Waals surface area (Å²) in [5.41, 5.74) is 1.94. The first-order chi connectivity index (χ1) is 7.70. The Labute approximate surface area is 94.4 Å². The zero-order valence-electron chi connectivity index (χ0n) is 8.98. The van der Waals surface area contributed by atoms with E-state index in [-0.39, 0.29) is 24.7 Å². The van der Waals surface area contributed by atoms with E-state index in [4.69, 9.17) is 0 Å². The van der Waals surface area contributed by atoms with Crippen molar-refractivity contribution < 1.29 is 9.59 Å². The van der Waals surface area contributed by atoms with E-state index in [1.54, 1.807) is 0 Å². The monoisotopic (exact) mass is 215 g/mol. The molecule has 1 heterocycles. The highest BCUT2D eigenvalue weighted by molar-refractivity contribution is 6.14. The number of amides is 1. The SMILES string of the molecule is C=CCc1ccc(N2CC(=O)CC2=O)cc1. The number of allylic oxidation sites excluding steroid dienone is 1. The quantitative estimate of drug-likeness (QED) is 0.568. The van der Waals surface area contributed by atoms with Gasteiger partial charge in [-0.15, -0.1) is 6.58 Å². The molecule has 1 aromatic carbocycles. The highest BCUT2D eigenvalue weighted by Gasteiger charge is 2.28. The number of carbonyl (C=O) groups is 2. The third-order valence-electron chi connectivity index (χ3n) is 2.61. The highest BCUT2D eigenvalue weighted by atomic mass is 16.2. The summed E-state index contributed by atoms with van der Waals surface area (Å²) < 4.78 is 0. The van der Waals surface area contributed by atoms with Crippen molar-refractivity contribution in [2.24, 2.45) is 0 Å². The lowest BCUT2D eigenvalue weighted by atomic mass is 10.1. The van der Waals surface area contributed by atoms with E-state index in [9.17, 15) is 9.59 Å². The molecule has 1 aliphatic heterocycles. The topological polar surface area (TPSA) is 37.4 Å². The Balaban J connectivity index is 2.18. The van der Waals surface area contributed by atoms with Gasteiger partial charge in [-0.1, -0.05) is 18.2 Å². The minimum absolute atomic E-state index is 0.0137. The number of Topliss-reactive ketones (excluding diaryl/α,β-unsaturated/α-hetero) is 1. The number of anilines is 1. The molecule has 16 heavy (non-hydrogen) atoms. The molecule has 3 heteroatoms. The Hall–Kier alpha value is -1.90. The smallest absolute Gasteiger partial charge is 0.234 e. The van der Waals surface area contributed by atoms with Crippen molar-refractivity contribution in [3.05, 3.63) is 42.5 Å². The summed E-state index contributed by atoms with van der Waals surface area (Å²) >= 11 is 0. The van der Waals surface area contributed by atoms with Crippen LogP contribution < -0.4 is 4.90 Å². The highest BCUT2D eigenvalue weighted by Crippen LogP contribution is 2.20. The molecular weight excluding hydrogens is 202 g/mol. The van der Waals surface area contributed by atoms with Crippen molar-refractivity contribution in [3.8, 4) is 0 Å². The Bertz CT molecular complexity index is 434. The van der Waals surface area contributed by atoms with E-state index >= 15 is 0 Å². The first-order valence-corrected chi connectivity index (χ1v) is 5.22. The van der Waals surface area contributed by atoms with Gasteiger partial charge in [0.25, 0.3) is 0 Å². The Morgan fingerprint density at radius 2 is 1.94 bits per heavy atom. The maximum absolute atomic E-state index is 11.5. The second-order valence-corrected chi connectivity index (χ2v) is 3.85. The predicted octanol–water partition coefficient (Wildman–Crippen LogP) is 1.72. The van der Waals surface area contributed by atoms with Gasteiger partial charge in [0, 0.05) is 5.69 Å². The van der Waals surface area contributed by atoms with Gasteiger partial charge in [-0.25, -0.2) is 0 Å². The lowest BCUT2D eigenvalue weighted by Gasteiger charge is -2.14. The maximum Gasteiger partial charge on any atom is 0.234 e. The summed E-state index contributed by atoms with van der Waals surface area (Å²) in [6, 6.07) is 7.64. The predicted molar refractivity (Wildman–Crippen MR) is 62.3 cm³/mol. The van der Waals surface area contributed by atoms with Crippen LogP contribution in [0.2, 0.25) is 0 Å². The summed E-state index contributed by atoms with van der Waals surface area (Å²) in [5.74, 6) is -0.123. The summed E-state index contributed by atoms with van der Waals surface area (Å²) in [5, 5.41) is 0. The zero-order valence-corrected chi connectivity index (χ0v) is 8.98. The van der Waals surface area contributed by atoms with Crippen LogP contribution in [0.25, 0.3) is 0 Å². The standard InChI is InChI=1S/C13H13NO2/c1-2-3-10-4-6-11(7-5-10)14-9-12(15)8-13(14)16/h2,4-7H,1,3,8-9H2. The third-order valence-corrected chi connectivity index (χ3v) is 2.61. The lowest BCUT2D eigenvalue weighted by molar-refractivity contribution is -0.121. The second-order valence-electron chi connectivity index (χ2n) is 3.85. The average molecular weight is 215 g/mol. The molecule has 0 bridgehead atoms. The van der Waals surface area contributed by atoms with Crippen molar-refractivity contribution >= 4 is 17.4 Å². The van der Waals surface area contributed by atoms with E-state index in [1.807, 2.05) is 30.3 Å². The van der Waals surface area contributed by atoms with Gasteiger partial charge in [0.1, 0.15) is 0 Å². The fourth-order valence-electron chi connectivity index (χ4n) is 1.80. The van der Waals surface area contributed by atoms with Crippen LogP contribution >= 0.6 is 0 Å². The Kier molecular flexibility index (Phi) is 2.86. The van der Waals surface area contributed by atoms with Crippen molar-refractivity contribution in [2.45, 2.75) is 12.8 Å². The van der Waals surface area contributed by atoms with E-state index < -0.39 is 0 Å². The van der Waals surface area contributed by atoms with Gasteiger partial charge < -0.3 is 4.90 Å². The molecular formula is C13H13NO2. The van der Waals surface area contributed by atoms with Gasteiger partial charge in [-0.05, 0) is 24.1 Å². The molecule has 0 aromatic heterocycles. The first kappa shape index (κ1) is 10.6.